The van der Waals surface area contributed by atoms with Gasteiger partial charge in [-0.1, -0.05) is 42.5 Å². The smallest absolute Gasteiger partial charge is 0.163 e. The van der Waals surface area contributed by atoms with E-state index in [0.29, 0.717) is 11.4 Å². The molecule has 3 rings (SSSR count). The second-order valence-electron chi connectivity index (χ2n) is 5.84. The molecular weight excluding hydrogens is 314 g/mol. The van der Waals surface area contributed by atoms with E-state index in [0.717, 1.165) is 11.0 Å². The van der Waals surface area contributed by atoms with Gasteiger partial charge in [-0.3, -0.25) is 9.59 Å². The molecule has 0 aliphatic carbocycles. The Labute approximate surface area is 145 Å². The van der Waals surface area contributed by atoms with Gasteiger partial charge in [0.1, 0.15) is 5.82 Å². The van der Waals surface area contributed by atoms with Crippen LogP contribution in [-0.2, 0) is 11.8 Å². The number of rotatable bonds is 6. The molecule has 0 saturated carbocycles. The van der Waals surface area contributed by atoms with Crippen LogP contribution < -0.4 is 0 Å². The minimum atomic E-state index is -0.971. The molecule has 124 valence electrons. The van der Waals surface area contributed by atoms with Crippen LogP contribution in [0.2, 0.25) is 0 Å². The number of carbonyl (C=O) groups excluding carboxylic acids is 2. The molecule has 0 saturated heterocycles. The molecule has 25 heavy (non-hydrogen) atoms. The summed E-state index contributed by atoms with van der Waals surface area (Å²) in [5.74, 6) is -0.942. The van der Waals surface area contributed by atoms with Crippen LogP contribution in [0.1, 0.15) is 34.9 Å². The summed E-state index contributed by atoms with van der Waals surface area (Å²) in [4.78, 5) is 29.1. The first-order valence-corrected chi connectivity index (χ1v) is 8.03. The Kier molecular flexibility index (Phi) is 4.71. The van der Waals surface area contributed by atoms with Crippen molar-refractivity contribution in [3.05, 3.63) is 66.0 Å². The van der Waals surface area contributed by atoms with Crippen molar-refractivity contribution in [3.63, 3.8) is 0 Å². The number of aromatic nitrogens is 2. The van der Waals surface area contributed by atoms with Gasteiger partial charge in [0.15, 0.2) is 17.5 Å². The average molecular weight is 331 g/mol. The summed E-state index contributed by atoms with van der Waals surface area (Å²) in [5.41, 5.74) is 2.19. The lowest BCUT2D eigenvalue weighted by molar-refractivity contribution is -0.119. The van der Waals surface area contributed by atoms with E-state index in [9.17, 15) is 14.9 Å². The molecule has 1 heterocycles. The highest BCUT2D eigenvalue weighted by Gasteiger charge is 2.26. The number of aryl methyl sites for hydroxylation is 1. The average Bonchev–Trinajstić information content (AvgIpc) is 2.98. The molecular formula is C20H17N3O2. The number of ketones is 2. The molecule has 0 spiro atoms. The van der Waals surface area contributed by atoms with Gasteiger partial charge in [-0.25, -0.2) is 4.98 Å². The van der Waals surface area contributed by atoms with Gasteiger partial charge in [-0.15, -0.1) is 0 Å². The van der Waals surface area contributed by atoms with Crippen molar-refractivity contribution in [3.8, 4) is 6.07 Å². The van der Waals surface area contributed by atoms with Crippen molar-refractivity contribution in [2.75, 3.05) is 0 Å². The maximum absolute atomic E-state index is 12.5. The highest BCUT2D eigenvalue weighted by molar-refractivity contribution is 5.99. The standard InChI is InChI=1S/C20H17N3O2/c1-23-17-10-6-5-9-16(17)22-20(23)15(13-21)19(25)12-11-18(24)14-7-3-2-4-8-14/h2-10,15H,11-12H2,1H3. The summed E-state index contributed by atoms with van der Waals surface area (Å²) >= 11 is 0. The third-order valence-corrected chi connectivity index (χ3v) is 4.23. The number of Topliss-reactive ketones (excluding diaryl/α,β-unsaturated/α-hetero) is 2. The monoisotopic (exact) mass is 331 g/mol. The van der Waals surface area contributed by atoms with Gasteiger partial charge < -0.3 is 4.57 Å². The molecule has 1 aromatic heterocycles. The number of hydrogen-bond acceptors (Lipinski definition) is 4. The lowest BCUT2D eigenvalue weighted by Gasteiger charge is -2.08. The fourth-order valence-electron chi connectivity index (χ4n) is 2.85. The zero-order valence-corrected chi connectivity index (χ0v) is 13.8. The number of fused-ring (bicyclic) bond motifs is 1. The predicted molar refractivity (Wildman–Crippen MR) is 94.1 cm³/mol. The van der Waals surface area contributed by atoms with Gasteiger partial charge >= 0.3 is 0 Å². The largest absolute Gasteiger partial charge is 0.330 e. The van der Waals surface area contributed by atoms with Crippen molar-refractivity contribution in [1.29, 1.82) is 5.26 Å². The first-order chi connectivity index (χ1) is 12.1. The zero-order valence-electron chi connectivity index (χ0n) is 13.8. The maximum Gasteiger partial charge on any atom is 0.163 e. The number of imidazole rings is 1. The number of hydrogen-bond donors (Lipinski definition) is 0. The third kappa shape index (κ3) is 3.33. The SMILES string of the molecule is Cn1c(C(C#N)C(=O)CCC(=O)c2ccccc2)nc2ccccc21. The Morgan fingerprint density at radius 3 is 2.44 bits per heavy atom. The number of nitrogens with zero attached hydrogens (tertiary/aromatic N) is 3. The summed E-state index contributed by atoms with van der Waals surface area (Å²) in [6.07, 6.45) is 0.111. The maximum atomic E-state index is 12.5. The van der Waals surface area contributed by atoms with Gasteiger partial charge in [-0.2, -0.15) is 5.26 Å². The van der Waals surface area contributed by atoms with Crippen LogP contribution in [0.5, 0.6) is 0 Å². The minimum Gasteiger partial charge on any atom is -0.330 e. The molecule has 0 fully saturated rings. The number of carbonyl (C=O) groups is 2. The fraction of sp³-hybridized carbons (Fsp3) is 0.200. The molecule has 2 aromatic carbocycles. The third-order valence-electron chi connectivity index (χ3n) is 4.23. The van der Waals surface area contributed by atoms with E-state index in [-0.39, 0.29) is 24.4 Å². The van der Waals surface area contributed by atoms with Crippen molar-refractivity contribution < 1.29 is 9.59 Å². The van der Waals surface area contributed by atoms with Gasteiger partial charge in [0, 0.05) is 25.5 Å². The summed E-state index contributed by atoms with van der Waals surface area (Å²) in [6.45, 7) is 0. The summed E-state index contributed by atoms with van der Waals surface area (Å²) in [7, 11) is 1.79. The second kappa shape index (κ2) is 7.10. The first kappa shape index (κ1) is 16.6. The van der Waals surface area contributed by atoms with Crippen LogP contribution in [-0.4, -0.2) is 21.1 Å². The number of benzene rings is 2. The molecule has 3 aromatic rings. The number of para-hydroxylation sites is 2. The zero-order chi connectivity index (χ0) is 17.8. The van der Waals surface area contributed by atoms with Crippen LogP contribution in [0.4, 0.5) is 0 Å². The van der Waals surface area contributed by atoms with Crippen LogP contribution in [0.3, 0.4) is 0 Å². The van der Waals surface area contributed by atoms with E-state index in [2.05, 4.69) is 4.98 Å². The van der Waals surface area contributed by atoms with Gasteiger partial charge in [0.05, 0.1) is 17.1 Å². The second-order valence-corrected chi connectivity index (χ2v) is 5.84. The summed E-state index contributed by atoms with van der Waals surface area (Å²) in [6, 6.07) is 18.4. The van der Waals surface area contributed by atoms with Gasteiger partial charge in [0.25, 0.3) is 0 Å². The Hall–Kier alpha value is -3.26. The molecule has 0 bridgehead atoms. The van der Waals surface area contributed by atoms with Gasteiger partial charge in [0.2, 0.25) is 0 Å². The number of nitriles is 1. The van der Waals surface area contributed by atoms with Crippen LogP contribution in [0, 0.1) is 11.3 Å². The molecule has 0 N–H and O–H groups in total. The Balaban J connectivity index is 1.76. The molecule has 0 amide bonds. The van der Waals surface area contributed by atoms with Crippen molar-refractivity contribution in [2.24, 2.45) is 7.05 Å². The van der Waals surface area contributed by atoms with Crippen molar-refractivity contribution in [2.45, 2.75) is 18.8 Å². The molecule has 5 nitrogen and oxygen atoms in total. The van der Waals surface area contributed by atoms with Crippen molar-refractivity contribution >= 4 is 22.6 Å². The molecule has 0 aliphatic heterocycles. The van der Waals surface area contributed by atoms with Crippen LogP contribution in [0.25, 0.3) is 11.0 Å². The van der Waals surface area contributed by atoms with E-state index >= 15 is 0 Å². The Morgan fingerprint density at radius 2 is 1.76 bits per heavy atom. The summed E-state index contributed by atoms with van der Waals surface area (Å²) in [5, 5.41) is 9.47. The van der Waals surface area contributed by atoms with Crippen LogP contribution >= 0.6 is 0 Å². The summed E-state index contributed by atoms with van der Waals surface area (Å²) < 4.78 is 1.76. The lowest BCUT2D eigenvalue weighted by Crippen LogP contribution is -2.16. The normalized spacial score (nSPS) is 11.8. The first-order valence-electron chi connectivity index (χ1n) is 8.03. The highest BCUT2D eigenvalue weighted by atomic mass is 16.1. The fourth-order valence-corrected chi connectivity index (χ4v) is 2.85. The Bertz CT molecular complexity index is 968. The molecule has 0 radical (unpaired) electrons. The van der Waals surface area contributed by atoms with E-state index < -0.39 is 5.92 Å². The predicted octanol–water partition coefficient (Wildman–Crippen LogP) is 3.41. The topological polar surface area (TPSA) is 75.8 Å². The van der Waals surface area contributed by atoms with Crippen LogP contribution in [0.15, 0.2) is 54.6 Å². The van der Waals surface area contributed by atoms with Crippen molar-refractivity contribution in [1.82, 2.24) is 9.55 Å². The molecule has 5 heteroatoms. The van der Waals surface area contributed by atoms with E-state index in [1.807, 2.05) is 36.4 Å². The minimum absolute atomic E-state index is 0.0230. The highest BCUT2D eigenvalue weighted by Crippen LogP contribution is 2.23. The molecule has 0 aliphatic rings. The quantitative estimate of drug-likeness (QED) is 0.649. The van der Waals surface area contributed by atoms with Gasteiger partial charge in [-0.05, 0) is 12.1 Å². The van der Waals surface area contributed by atoms with E-state index in [1.165, 1.54) is 0 Å². The van der Waals surface area contributed by atoms with E-state index in [4.69, 9.17) is 0 Å². The Morgan fingerprint density at radius 1 is 1.08 bits per heavy atom. The molecule has 1 atom stereocenters. The van der Waals surface area contributed by atoms with E-state index in [1.54, 1.807) is 35.9 Å². The molecule has 1 unspecified atom stereocenters. The lowest BCUT2D eigenvalue weighted by atomic mass is 9.98.